The van der Waals surface area contributed by atoms with Gasteiger partial charge in [-0.3, -0.25) is 4.57 Å². The van der Waals surface area contributed by atoms with Gasteiger partial charge in [-0.15, -0.1) is 0 Å². The summed E-state index contributed by atoms with van der Waals surface area (Å²) in [5, 5.41) is -4.34. The number of nitrogens with one attached hydrogen (secondary N) is 1. The van der Waals surface area contributed by atoms with Crippen LogP contribution in [-0.4, -0.2) is 45.2 Å². The molecule has 0 radical (unpaired) electrons. The number of esters is 1. The molecule has 1 aromatic rings. The first-order valence-corrected chi connectivity index (χ1v) is 11.8. The molecular formula is C17H25F3NO7PS. The van der Waals surface area contributed by atoms with Crippen LogP contribution in [0.4, 0.5) is 13.2 Å². The van der Waals surface area contributed by atoms with E-state index in [1.54, 1.807) is 6.92 Å². The number of ether oxygens (including phenoxy) is 1. The van der Waals surface area contributed by atoms with Gasteiger partial charge in [-0.1, -0.05) is 17.7 Å². The molecule has 0 heterocycles. The highest BCUT2D eigenvalue weighted by Crippen LogP contribution is 2.66. The van der Waals surface area contributed by atoms with Gasteiger partial charge in [-0.05, 0) is 46.8 Å². The number of rotatable bonds is 9. The summed E-state index contributed by atoms with van der Waals surface area (Å²) >= 11 is 0. The van der Waals surface area contributed by atoms with Gasteiger partial charge in [0.15, 0.2) is 0 Å². The first kappa shape index (κ1) is 26.6. The zero-order valence-electron chi connectivity index (χ0n) is 17.3. The van der Waals surface area contributed by atoms with Gasteiger partial charge < -0.3 is 13.8 Å². The zero-order chi connectivity index (χ0) is 23.5. The topological polar surface area (TPSA) is 108 Å². The lowest BCUT2D eigenvalue weighted by atomic mass is 10.2. The minimum Gasteiger partial charge on any atom is -0.467 e. The Bertz CT molecular complexity index is 887. The molecule has 0 aromatic heterocycles. The molecule has 0 aliphatic heterocycles. The van der Waals surface area contributed by atoms with Crippen molar-refractivity contribution in [3.63, 3.8) is 0 Å². The largest absolute Gasteiger partial charge is 0.467 e. The van der Waals surface area contributed by atoms with Gasteiger partial charge in [0.25, 0.3) is 0 Å². The van der Waals surface area contributed by atoms with E-state index in [1.807, 2.05) is 0 Å². The van der Waals surface area contributed by atoms with Crippen molar-refractivity contribution in [2.24, 2.45) is 0 Å². The molecule has 0 fully saturated rings. The molecule has 1 aromatic carbocycles. The van der Waals surface area contributed by atoms with Gasteiger partial charge in [0, 0.05) is 0 Å². The van der Waals surface area contributed by atoms with Gasteiger partial charge in [0.1, 0.15) is 0 Å². The summed E-state index contributed by atoms with van der Waals surface area (Å²) in [6.07, 6.45) is -7.99. The Morgan fingerprint density at radius 2 is 1.47 bits per heavy atom. The molecule has 1 rings (SSSR count). The molecule has 1 atom stereocenters. The van der Waals surface area contributed by atoms with Crippen molar-refractivity contribution < 1.29 is 44.7 Å². The summed E-state index contributed by atoms with van der Waals surface area (Å²) in [5.74, 6) is -2.18. The zero-order valence-corrected chi connectivity index (χ0v) is 19.0. The normalized spacial score (nSPS) is 15.3. The maximum atomic E-state index is 14.4. The summed E-state index contributed by atoms with van der Waals surface area (Å²) < 4.78 is 97.5. The smallest absolute Gasteiger partial charge is 0.430 e. The van der Waals surface area contributed by atoms with Crippen LogP contribution in [-0.2, 0) is 33.2 Å². The van der Waals surface area contributed by atoms with Crippen LogP contribution in [0.1, 0.15) is 33.3 Å². The molecule has 0 unspecified atom stereocenters. The Kier molecular flexibility index (Phi) is 8.29. The minimum atomic E-state index is -5.75. The van der Waals surface area contributed by atoms with Crippen LogP contribution in [0, 0.1) is 6.92 Å². The van der Waals surface area contributed by atoms with E-state index in [-0.39, 0.29) is 0 Å². The SMILES string of the molecule is COC(=O)[C@@](NS(=O)(=O)c1ccc(C)cc1)(C(F)(F)F)P(=O)(OC(C)C)OC(C)C. The van der Waals surface area contributed by atoms with E-state index in [0.717, 1.165) is 12.1 Å². The number of alkyl halides is 3. The predicted molar refractivity (Wildman–Crippen MR) is 102 cm³/mol. The number of benzene rings is 1. The maximum Gasteiger partial charge on any atom is 0.430 e. The van der Waals surface area contributed by atoms with Crippen LogP contribution in [0.5, 0.6) is 0 Å². The third-order valence-corrected chi connectivity index (χ3v) is 8.00. The van der Waals surface area contributed by atoms with Crippen molar-refractivity contribution in [2.45, 2.75) is 63.2 Å². The van der Waals surface area contributed by atoms with E-state index in [4.69, 9.17) is 9.05 Å². The second kappa shape index (κ2) is 9.35. The summed E-state index contributed by atoms with van der Waals surface area (Å²) in [6.45, 7) is 6.65. The lowest BCUT2D eigenvalue weighted by Gasteiger charge is -2.39. The quantitative estimate of drug-likeness (QED) is 0.428. The number of carbonyl (C=O) groups excluding carboxylic acids is 1. The Morgan fingerprint density at radius 1 is 1.03 bits per heavy atom. The maximum absolute atomic E-state index is 14.4. The van der Waals surface area contributed by atoms with Gasteiger partial charge in [0.05, 0.1) is 24.2 Å². The van der Waals surface area contributed by atoms with Crippen LogP contribution in [0.2, 0.25) is 0 Å². The standard InChI is InChI=1S/C17H25F3NO7PS/c1-11(2)27-29(23,28-12(3)4)16(15(22)26-6,17(18,19)20)21-30(24,25)14-9-7-13(5)8-10-14/h7-12,21H,1-6H3/t16-/m0/s1. The van der Waals surface area contributed by atoms with Gasteiger partial charge >= 0.3 is 25.0 Å². The Labute approximate surface area is 173 Å². The van der Waals surface area contributed by atoms with E-state index in [1.165, 1.54) is 44.5 Å². The average Bonchev–Trinajstić information content (AvgIpc) is 2.56. The molecule has 0 spiro atoms. The Hall–Kier alpha value is -1.46. The lowest BCUT2D eigenvalue weighted by molar-refractivity contribution is -0.193. The fourth-order valence-electron chi connectivity index (χ4n) is 2.39. The summed E-state index contributed by atoms with van der Waals surface area (Å²) in [7, 11) is -10.0. The van der Waals surface area contributed by atoms with Gasteiger partial charge in [-0.25, -0.2) is 13.2 Å². The first-order valence-electron chi connectivity index (χ1n) is 8.75. The number of sulfonamides is 1. The number of hydrogen-bond acceptors (Lipinski definition) is 7. The van der Waals surface area contributed by atoms with Crippen LogP contribution in [0.3, 0.4) is 0 Å². The molecule has 0 aliphatic rings. The van der Waals surface area contributed by atoms with Crippen molar-refractivity contribution in [1.82, 2.24) is 4.72 Å². The van der Waals surface area contributed by atoms with Crippen LogP contribution < -0.4 is 4.72 Å². The molecular weight excluding hydrogens is 450 g/mol. The fourth-order valence-corrected chi connectivity index (χ4v) is 6.50. The second-order valence-corrected chi connectivity index (χ2v) is 10.7. The van der Waals surface area contributed by atoms with Crippen molar-refractivity contribution in [3.8, 4) is 0 Å². The highest BCUT2D eigenvalue weighted by molar-refractivity contribution is 7.90. The third-order valence-electron chi connectivity index (χ3n) is 3.61. The first-order chi connectivity index (χ1) is 13.5. The molecule has 13 heteroatoms. The van der Waals surface area contributed by atoms with Gasteiger partial charge in [-0.2, -0.15) is 17.9 Å². The third kappa shape index (κ3) is 5.42. The highest BCUT2D eigenvalue weighted by atomic mass is 32.2. The second-order valence-electron chi connectivity index (χ2n) is 6.92. The lowest BCUT2D eigenvalue weighted by Crippen LogP contribution is -2.64. The van der Waals surface area contributed by atoms with E-state index < -0.39 is 52.1 Å². The highest BCUT2D eigenvalue weighted by Gasteiger charge is 2.76. The Balaban J connectivity index is 3.86. The number of carbonyl (C=O) groups is 1. The van der Waals surface area contributed by atoms with Crippen molar-refractivity contribution in [1.29, 1.82) is 0 Å². The van der Waals surface area contributed by atoms with Crippen molar-refractivity contribution >= 4 is 23.6 Å². The number of hydrogen-bond donors (Lipinski definition) is 1. The predicted octanol–water partition coefficient (Wildman–Crippen LogP) is 3.75. The minimum absolute atomic E-state index is 0.591. The van der Waals surface area contributed by atoms with Crippen LogP contribution >= 0.6 is 7.60 Å². The van der Waals surface area contributed by atoms with Crippen molar-refractivity contribution in [2.75, 3.05) is 7.11 Å². The molecule has 0 bridgehead atoms. The van der Waals surface area contributed by atoms with E-state index in [9.17, 15) is 30.9 Å². The summed E-state index contributed by atoms with van der Waals surface area (Å²) in [5.41, 5.74) is 0.640. The van der Waals surface area contributed by atoms with E-state index in [2.05, 4.69) is 4.74 Å². The van der Waals surface area contributed by atoms with Gasteiger partial charge in [0.2, 0.25) is 10.0 Å². The number of methoxy groups -OCH3 is 1. The Morgan fingerprint density at radius 3 is 1.80 bits per heavy atom. The molecule has 172 valence electrons. The molecule has 8 nitrogen and oxygen atoms in total. The van der Waals surface area contributed by atoms with Crippen LogP contribution in [0.25, 0.3) is 0 Å². The molecule has 0 amide bonds. The van der Waals surface area contributed by atoms with Crippen molar-refractivity contribution in [3.05, 3.63) is 29.8 Å². The van der Waals surface area contributed by atoms with E-state index >= 15 is 0 Å². The molecule has 30 heavy (non-hydrogen) atoms. The summed E-state index contributed by atoms with van der Waals surface area (Å²) in [4.78, 5) is 11.9. The average molecular weight is 475 g/mol. The number of halogens is 3. The fraction of sp³-hybridized carbons (Fsp3) is 0.588. The number of aryl methyl sites for hydroxylation is 1. The molecule has 1 N–H and O–H groups in total. The van der Waals surface area contributed by atoms with Crippen LogP contribution in [0.15, 0.2) is 29.2 Å². The summed E-state index contributed by atoms with van der Waals surface area (Å²) in [6, 6.07) is 4.76. The molecule has 0 saturated heterocycles. The molecule has 0 saturated carbocycles. The monoisotopic (exact) mass is 475 g/mol. The van der Waals surface area contributed by atoms with E-state index in [0.29, 0.717) is 12.7 Å². The molecule has 0 aliphatic carbocycles.